The lowest BCUT2D eigenvalue weighted by Crippen LogP contribution is -2.48. The number of carboxylic acids is 1. The van der Waals surface area contributed by atoms with Gasteiger partial charge in [-0.1, -0.05) is 32.4 Å². The smallest absolute Gasteiger partial charge is 0.326 e. The fourth-order valence-electron chi connectivity index (χ4n) is 1.85. The van der Waals surface area contributed by atoms with Gasteiger partial charge in [-0.15, -0.1) is 0 Å². The molecule has 2 atom stereocenters. The van der Waals surface area contributed by atoms with E-state index in [9.17, 15) is 18.0 Å². The van der Waals surface area contributed by atoms with E-state index in [1.807, 2.05) is 6.92 Å². The number of urea groups is 1. The number of benzene rings is 1. The molecule has 9 heteroatoms. The Kier molecular flexibility index (Phi) is 6.52. The van der Waals surface area contributed by atoms with Gasteiger partial charge in [0.1, 0.15) is 6.04 Å². The maximum atomic E-state index is 11.8. The van der Waals surface area contributed by atoms with E-state index in [0.29, 0.717) is 12.0 Å². The van der Waals surface area contributed by atoms with Crippen LogP contribution in [0.4, 0.5) is 4.79 Å². The molecular weight excluding hydrogens is 322 g/mol. The predicted molar refractivity (Wildman–Crippen MR) is 84.1 cm³/mol. The number of hydrogen-bond acceptors (Lipinski definition) is 4. The molecule has 0 aliphatic carbocycles. The number of nitrogens with one attached hydrogen (secondary N) is 2. The molecule has 0 radical (unpaired) electrons. The van der Waals surface area contributed by atoms with E-state index in [4.69, 9.17) is 10.2 Å². The van der Waals surface area contributed by atoms with Gasteiger partial charge in [0.05, 0.1) is 4.90 Å². The third kappa shape index (κ3) is 5.87. The van der Waals surface area contributed by atoms with E-state index in [2.05, 4.69) is 10.6 Å². The van der Waals surface area contributed by atoms with Crippen LogP contribution in [0.3, 0.4) is 0 Å². The van der Waals surface area contributed by atoms with Crippen molar-refractivity contribution in [2.24, 2.45) is 11.1 Å². The third-order valence-electron chi connectivity index (χ3n) is 3.47. The quantitative estimate of drug-likeness (QED) is 0.575. The van der Waals surface area contributed by atoms with Crippen LogP contribution >= 0.6 is 0 Å². The number of rotatable bonds is 7. The summed E-state index contributed by atoms with van der Waals surface area (Å²) >= 11 is 0. The van der Waals surface area contributed by atoms with Crippen LogP contribution in [0.15, 0.2) is 29.2 Å². The molecule has 23 heavy (non-hydrogen) atoms. The highest BCUT2D eigenvalue weighted by Gasteiger charge is 2.25. The number of hydrogen-bond donors (Lipinski definition) is 4. The molecule has 0 aromatic heterocycles. The van der Waals surface area contributed by atoms with Crippen molar-refractivity contribution in [1.82, 2.24) is 10.6 Å². The molecule has 0 heterocycles. The van der Waals surface area contributed by atoms with Crippen LogP contribution in [0, 0.1) is 5.92 Å². The van der Waals surface area contributed by atoms with Gasteiger partial charge >= 0.3 is 12.0 Å². The number of aliphatic carboxylic acids is 1. The van der Waals surface area contributed by atoms with Gasteiger partial charge in [-0.2, -0.15) is 0 Å². The first-order valence-corrected chi connectivity index (χ1v) is 8.58. The van der Waals surface area contributed by atoms with Crippen LogP contribution in [0.1, 0.15) is 25.8 Å². The molecule has 0 saturated heterocycles. The lowest BCUT2D eigenvalue weighted by molar-refractivity contribution is -0.140. The topological polar surface area (TPSA) is 139 Å². The first-order valence-electron chi connectivity index (χ1n) is 7.04. The zero-order chi connectivity index (χ0) is 17.6. The van der Waals surface area contributed by atoms with Crippen LogP contribution < -0.4 is 15.8 Å². The number of nitrogens with two attached hydrogens (primary N) is 1. The van der Waals surface area contributed by atoms with E-state index in [0.717, 1.165) is 0 Å². The van der Waals surface area contributed by atoms with Crippen LogP contribution in [0.25, 0.3) is 0 Å². The molecule has 1 aromatic carbocycles. The highest BCUT2D eigenvalue weighted by molar-refractivity contribution is 7.89. The molecule has 0 bridgehead atoms. The van der Waals surface area contributed by atoms with E-state index in [-0.39, 0.29) is 17.4 Å². The maximum absolute atomic E-state index is 11.8. The normalized spacial score (nSPS) is 13.9. The number of sulfonamides is 1. The van der Waals surface area contributed by atoms with Crippen LogP contribution in [0.5, 0.6) is 0 Å². The van der Waals surface area contributed by atoms with Gasteiger partial charge in [0.2, 0.25) is 10.0 Å². The number of carbonyl (C=O) groups is 2. The van der Waals surface area contributed by atoms with Crippen LogP contribution in [-0.4, -0.2) is 31.6 Å². The molecule has 128 valence electrons. The summed E-state index contributed by atoms with van der Waals surface area (Å²) in [6.45, 7) is 3.71. The molecular formula is C14H21N3O5S. The second kappa shape index (κ2) is 7.93. The van der Waals surface area contributed by atoms with Crippen LogP contribution in [-0.2, 0) is 21.4 Å². The first kappa shape index (κ1) is 18.9. The second-order valence-corrected chi connectivity index (χ2v) is 6.78. The molecule has 1 aromatic rings. The van der Waals surface area contributed by atoms with Crippen LogP contribution in [0.2, 0.25) is 0 Å². The monoisotopic (exact) mass is 343 g/mol. The van der Waals surface area contributed by atoms with Gasteiger partial charge in [-0.3, -0.25) is 0 Å². The van der Waals surface area contributed by atoms with Crippen molar-refractivity contribution >= 4 is 22.0 Å². The van der Waals surface area contributed by atoms with Crippen molar-refractivity contribution in [1.29, 1.82) is 0 Å². The standard InChI is InChI=1S/C14H21N3O5S/c1-3-9(2)12(13(18)19)17-14(20)16-8-10-4-6-11(7-5-10)23(15,21)22/h4-7,9,12H,3,8H2,1-2H3,(H,18,19)(H2,15,21,22)(H2,16,17,20)/t9-,12-/m0/s1. The maximum Gasteiger partial charge on any atom is 0.326 e. The van der Waals surface area contributed by atoms with Gasteiger partial charge < -0.3 is 15.7 Å². The lowest BCUT2D eigenvalue weighted by atomic mass is 9.99. The number of amides is 2. The van der Waals surface area contributed by atoms with Crippen molar-refractivity contribution in [2.75, 3.05) is 0 Å². The molecule has 8 nitrogen and oxygen atoms in total. The Balaban J connectivity index is 2.60. The minimum Gasteiger partial charge on any atom is -0.480 e. The molecule has 0 unspecified atom stereocenters. The minimum absolute atomic E-state index is 0.0200. The van der Waals surface area contributed by atoms with Gasteiger partial charge in [0.25, 0.3) is 0 Å². The minimum atomic E-state index is -3.75. The summed E-state index contributed by atoms with van der Waals surface area (Å²) in [5.74, 6) is -1.29. The van der Waals surface area contributed by atoms with Crippen molar-refractivity contribution in [3.05, 3.63) is 29.8 Å². The molecule has 0 aliphatic rings. The SMILES string of the molecule is CC[C@H](C)[C@H](NC(=O)NCc1ccc(S(N)(=O)=O)cc1)C(=O)O. The van der Waals surface area contributed by atoms with E-state index in [1.54, 1.807) is 6.92 Å². The second-order valence-electron chi connectivity index (χ2n) is 5.22. The van der Waals surface area contributed by atoms with Crippen molar-refractivity contribution < 1.29 is 23.1 Å². The van der Waals surface area contributed by atoms with Gasteiger partial charge in [-0.25, -0.2) is 23.1 Å². The zero-order valence-corrected chi connectivity index (χ0v) is 13.8. The van der Waals surface area contributed by atoms with Gasteiger partial charge in [0, 0.05) is 6.54 Å². The summed E-state index contributed by atoms with van der Waals surface area (Å²) in [7, 11) is -3.75. The largest absolute Gasteiger partial charge is 0.480 e. The molecule has 2 amide bonds. The van der Waals surface area contributed by atoms with Crippen molar-refractivity contribution in [3.8, 4) is 0 Å². The summed E-state index contributed by atoms with van der Waals surface area (Å²) in [5, 5.41) is 19.0. The lowest BCUT2D eigenvalue weighted by Gasteiger charge is -2.20. The summed E-state index contributed by atoms with van der Waals surface area (Å²) in [6, 6.07) is 4.14. The average Bonchev–Trinajstić information content (AvgIpc) is 2.49. The highest BCUT2D eigenvalue weighted by Crippen LogP contribution is 2.09. The molecule has 0 fully saturated rings. The molecule has 0 saturated carbocycles. The van der Waals surface area contributed by atoms with Crippen molar-refractivity contribution in [2.45, 2.75) is 37.8 Å². The first-order chi connectivity index (χ1) is 10.6. The highest BCUT2D eigenvalue weighted by atomic mass is 32.2. The summed E-state index contributed by atoms with van der Waals surface area (Å²) in [6.07, 6.45) is 0.617. The Hall–Kier alpha value is -2.13. The number of carbonyl (C=O) groups excluding carboxylic acids is 1. The zero-order valence-electron chi connectivity index (χ0n) is 12.9. The Morgan fingerprint density at radius 2 is 1.83 bits per heavy atom. The molecule has 1 rings (SSSR count). The summed E-state index contributed by atoms with van der Waals surface area (Å²) in [5.41, 5.74) is 0.656. The van der Waals surface area contributed by atoms with E-state index >= 15 is 0 Å². The third-order valence-corrected chi connectivity index (χ3v) is 4.40. The molecule has 5 N–H and O–H groups in total. The number of primary sulfonamides is 1. The fraction of sp³-hybridized carbons (Fsp3) is 0.429. The Morgan fingerprint density at radius 3 is 2.26 bits per heavy atom. The molecule has 0 aliphatic heterocycles. The van der Waals surface area contributed by atoms with Gasteiger partial charge in [-0.05, 0) is 23.6 Å². The number of carboxylic acid groups (broad SMARTS) is 1. The molecule has 0 spiro atoms. The van der Waals surface area contributed by atoms with E-state index in [1.165, 1.54) is 24.3 Å². The summed E-state index contributed by atoms with van der Waals surface area (Å²) < 4.78 is 22.3. The van der Waals surface area contributed by atoms with Gasteiger partial charge in [0.15, 0.2) is 0 Å². The Bertz CT molecular complexity index is 657. The average molecular weight is 343 g/mol. The van der Waals surface area contributed by atoms with Crippen molar-refractivity contribution in [3.63, 3.8) is 0 Å². The fourth-order valence-corrected chi connectivity index (χ4v) is 2.37. The Labute approximate surface area is 135 Å². The predicted octanol–water partition coefficient (Wildman–Crippen LogP) is 0.633. The Morgan fingerprint density at radius 1 is 1.26 bits per heavy atom. The summed E-state index contributed by atoms with van der Waals surface area (Å²) in [4.78, 5) is 22.9. The van der Waals surface area contributed by atoms with E-state index < -0.39 is 28.1 Å².